The number of carbonyl (C=O) groups excluding carboxylic acids is 2. The van der Waals surface area contributed by atoms with Gasteiger partial charge in [-0.2, -0.15) is 0 Å². The molecule has 2 amide bonds. The number of fused-ring (bicyclic) bond motifs is 1. The van der Waals surface area contributed by atoms with Crippen molar-refractivity contribution in [3.63, 3.8) is 0 Å². The number of hydrogen-bond donors (Lipinski definition) is 1. The molecule has 3 rings (SSSR count). The Morgan fingerprint density at radius 1 is 0.950 bits per heavy atom. The first-order valence-corrected chi connectivity index (χ1v) is 6.35. The van der Waals surface area contributed by atoms with Gasteiger partial charge in [0.05, 0.1) is 22.9 Å². The second-order valence-electron chi connectivity index (χ2n) is 4.76. The van der Waals surface area contributed by atoms with Crippen LogP contribution in [0.5, 0.6) is 0 Å². The summed E-state index contributed by atoms with van der Waals surface area (Å²) in [5.74, 6) is -0.651. The number of nitrogens with zero attached hydrogens (tertiary/aromatic N) is 1. The van der Waals surface area contributed by atoms with Crippen molar-refractivity contribution in [2.45, 2.75) is 13.0 Å². The minimum Gasteiger partial charge on any atom is -0.389 e. The Morgan fingerprint density at radius 3 is 2.10 bits per heavy atom. The number of anilines is 1. The lowest BCUT2D eigenvalue weighted by Gasteiger charge is -2.15. The Balaban J connectivity index is 2.07. The topological polar surface area (TPSA) is 57.6 Å². The smallest absolute Gasteiger partial charge is 0.266 e. The van der Waals surface area contributed by atoms with E-state index in [0.29, 0.717) is 22.4 Å². The van der Waals surface area contributed by atoms with Gasteiger partial charge < -0.3 is 5.11 Å². The summed E-state index contributed by atoms with van der Waals surface area (Å²) in [5, 5.41) is 9.61. The fourth-order valence-corrected chi connectivity index (χ4v) is 2.35. The van der Waals surface area contributed by atoms with Crippen LogP contribution in [0.15, 0.2) is 48.5 Å². The lowest BCUT2D eigenvalue weighted by molar-refractivity contribution is 0.0926. The van der Waals surface area contributed by atoms with E-state index in [9.17, 15) is 14.7 Å². The van der Waals surface area contributed by atoms with E-state index in [1.54, 1.807) is 55.5 Å². The number of rotatable bonds is 2. The van der Waals surface area contributed by atoms with Gasteiger partial charge in [-0.05, 0) is 36.8 Å². The summed E-state index contributed by atoms with van der Waals surface area (Å²) in [7, 11) is 0. The second-order valence-corrected chi connectivity index (χ2v) is 4.76. The van der Waals surface area contributed by atoms with Gasteiger partial charge in [0.25, 0.3) is 11.8 Å². The first kappa shape index (κ1) is 12.6. The van der Waals surface area contributed by atoms with Gasteiger partial charge in [-0.25, -0.2) is 4.90 Å². The summed E-state index contributed by atoms with van der Waals surface area (Å²) < 4.78 is 0. The average Bonchev–Trinajstić information content (AvgIpc) is 2.72. The molecular weight excluding hydrogens is 254 g/mol. The molecule has 4 heteroatoms. The zero-order chi connectivity index (χ0) is 14.3. The molecule has 2 aromatic carbocycles. The van der Waals surface area contributed by atoms with Crippen LogP contribution in [0.3, 0.4) is 0 Å². The average molecular weight is 267 g/mol. The van der Waals surface area contributed by atoms with Crippen molar-refractivity contribution >= 4 is 17.5 Å². The third-order valence-electron chi connectivity index (χ3n) is 3.40. The maximum absolute atomic E-state index is 12.3. The molecule has 0 fully saturated rings. The highest BCUT2D eigenvalue weighted by Gasteiger charge is 2.36. The summed E-state index contributed by atoms with van der Waals surface area (Å²) in [6.45, 7) is 1.64. The predicted octanol–water partition coefficient (Wildman–Crippen LogP) is 2.54. The highest BCUT2D eigenvalue weighted by molar-refractivity contribution is 6.34. The van der Waals surface area contributed by atoms with Crippen LogP contribution in [0.25, 0.3) is 0 Å². The van der Waals surface area contributed by atoms with Gasteiger partial charge in [0, 0.05) is 0 Å². The van der Waals surface area contributed by atoms with Crippen molar-refractivity contribution in [1.82, 2.24) is 0 Å². The van der Waals surface area contributed by atoms with Gasteiger partial charge in [0.2, 0.25) is 0 Å². The van der Waals surface area contributed by atoms with Crippen LogP contribution in [-0.4, -0.2) is 16.9 Å². The molecule has 20 heavy (non-hydrogen) atoms. The van der Waals surface area contributed by atoms with Crippen molar-refractivity contribution in [1.29, 1.82) is 0 Å². The van der Waals surface area contributed by atoms with E-state index in [-0.39, 0.29) is 11.8 Å². The summed E-state index contributed by atoms with van der Waals surface area (Å²) in [6, 6.07) is 13.6. The van der Waals surface area contributed by atoms with Gasteiger partial charge in [-0.15, -0.1) is 0 Å². The van der Waals surface area contributed by atoms with E-state index < -0.39 is 6.10 Å². The highest BCUT2D eigenvalue weighted by Crippen LogP contribution is 2.29. The molecule has 1 N–H and O–H groups in total. The normalized spacial score (nSPS) is 15.4. The minimum atomic E-state index is -0.648. The maximum Gasteiger partial charge on any atom is 0.266 e. The Morgan fingerprint density at radius 2 is 1.55 bits per heavy atom. The fourth-order valence-electron chi connectivity index (χ4n) is 2.35. The van der Waals surface area contributed by atoms with Crippen molar-refractivity contribution < 1.29 is 14.7 Å². The van der Waals surface area contributed by atoms with Crippen LogP contribution in [0.4, 0.5) is 5.69 Å². The number of benzene rings is 2. The Hall–Kier alpha value is -2.46. The molecule has 1 unspecified atom stereocenters. The molecule has 1 atom stereocenters. The summed E-state index contributed by atoms with van der Waals surface area (Å²) >= 11 is 0. The van der Waals surface area contributed by atoms with Crippen molar-refractivity contribution in [2.24, 2.45) is 0 Å². The van der Waals surface area contributed by atoms with E-state index >= 15 is 0 Å². The van der Waals surface area contributed by atoms with Crippen LogP contribution in [-0.2, 0) is 0 Å². The molecule has 0 radical (unpaired) electrons. The molecular formula is C16H13NO3. The fraction of sp³-hybridized carbons (Fsp3) is 0.125. The predicted molar refractivity (Wildman–Crippen MR) is 74.7 cm³/mol. The van der Waals surface area contributed by atoms with Crippen LogP contribution in [0.2, 0.25) is 0 Å². The van der Waals surface area contributed by atoms with Crippen molar-refractivity contribution in [3.8, 4) is 0 Å². The lowest BCUT2D eigenvalue weighted by atomic mass is 10.1. The molecule has 100 valence electrons. The lowest BCUT2D eigenvalue weighted by Crippen LogP contribution is -2.29. The van der Waals surface area contributed by atoms with Gasteiger partial charge in [0.15, 0.2) is 0 Å². The molecule has 0 aromatic heterocycles. The van der Waals surface area contributed by atoms with Gasteiger partial charge >= 0.3 is 0 Å². The van der Waals surface area contributed by atoms with Crippen molar-refractivity contribution in [3.05, 3.63) is 65.2 Å². The molecule has 1 heterocycles. The van der Waals surface area contributed by atoms with Gasteiger partial charge in [0.1, 0.15) is 0 Å². The highest BCUT2D eigenvalue weighted by atomic mass is 16.3. The van der Waals surface area contributed by atoms with E-state index in [1.165, 1.54) is 0 Å². The third-order valence-corrected chi connectivity index (χ3v) is 3.40. The Kier molecular flexibility index (Phi) is 2.88. The van der Waals surface area contributed by atoms with E-state index in [1.807, 2.05) is 0 Å². The number of hydrogen-bond acceptors (Lipinski definition) is 3. The zero-order valence-electron chi connectivity index (χ0n) is 10.9. The molecule has 0 bridgehead atoms. The van der Waals surface area contributed by atoms with Crippen LogP contribution >= 0.6 is 0 Å². The first-order chi connectivity index (χ1) is 9.59. The van der Waals surface area contributed by atoms with Crippen LogP contribution < -0.4 is 4.90 Å². The van der Waals surface area contributed by atoms with Crippen molar-refractivity contribution in [2.75, 3.05) is 4.90 Å². The third kappa shape index (κ3) is 1.82. The molecule has 1 aliphatic rings. The van der Waals surface area contributed by atoms with Gasteiger partial charge in [-0.3, -0.25) is 9.59 Å². The second kappa shape index (κ2) is 4.58. The molecule has 0 spiro atoms. The monoisotopic (exact) mass is 267 g/mol. The standard InChI is InChI=1S/C16H13NO3/c1-10(18)11-5-4-6-12(9-11)17-15(19)13-7-2-3-8-14(13)16(17)20/h2-10,18H,1H3. The zero-order valence-corrected chi connectivity index (χ0v) is 10.9. The summed E-state index contributed by atoms with van der Waals surface area (Å²) in [5.41, 5.74) is 1.98. The molecule has 0 saturated heterocycles. The summed E-state index contributed by atoms with van der Waals surface area (Å²) in [6.07, 6.45) is -0.648. The van der Waals surface area contributed by atoms with E-state index in [0.717, 1.165) is 4.90 Å². The molecule has 2 aromatic rings. The Bertz CT molecular complexity index is 671. The number of aliphatic hydroxyl groups is 1. The van der Waals surface area contributed by atoms with Crippen LogP contribution in [0, 0.1) is 0 Å². The molecule has 4 nitrogen and oxygen atoms in total. The number of carbonyl (C=O) groups is 2. The number of amides is 2. The van der Waals surface area contributed by atoms with Crippen LogP contribution in [0.1, 0.15) is 39.3 Å². The molecule has 0 aliphatic carbocycles. The molecule has 1 aliphatic heterocycles. The quantitative estimate of drug-likeness (QED) is 0.851. The number of imide groups is 1. The SMILES string of the molecule is CC(O)c1cccc(N2C(=O)c3ccccc3C2=O)c1. The minimum absolute atomic E-state index is 0.326. The first-order valence-electron chi connectivity index (χ1n) is 6.35. The largest absolute Gasteiger partial charge is 0.389 e. The van der Waals surface area contributed by atoms with Gasteiger partial charge in [-0.1, -0.05) is 24.3 Å². The molecule has 0 saturated carbocycles. The maximum atomic E-state index is 12.3. The van der Waals surface area contributed by atoms with E-state index in [2.05, 4.69) is 0 Å². The Labute approximate surface area is 116 Å². The van der Waals surface area contributed by atoms with E-state index in [4.69, 9.17) is 0 Å². The number of aliphatic hydroxyl groups excluding tert-OH is 1. The summed E-state index contributed by atoms with van der Waals surface area (Å²) in [4.78, 5) is 25.8.